The molecule has 2 aromatic rings. The Kier molecular flexibility index (Phi) is 3.91. The molecule has 0 bridgehead atoms. The molecule has 0 spiro atoms. The van der Waals surface area contributed by atoms with Crippen LogP contribution in [0.4, 0.5) is 11.4 Å². The first kappa shape index (κ1) is 13.7. The van der Waals surface area contributed by atoms with Crippen LogP contribution in [0.15, 0.2) is 42.5 Å². The molecule has 0 radical (unpaired) electrons. The van der Waals surface area contributed by atoms with Crippen LogP contribution in [0.5, 0.6) is 0 Å². The molecule has 1 N–H and O–H groups in total. The number of rotatable bonds is 3. The summed E-state index contributed by atoms with van der Waals surface area (Å²) in [6.07, 6.45) is 2.34. The number of esters is 1. The summed E-state index contributed by atoms with van der Waals surface area (Å²) in [5, 5.41) is 3.49. The van der Waals surface area contributed by atoms with Crippen molar-refractivity contribution in [2.24, 2.45) is 0 Å². The van der Waals surface area contributed by atoms with E-state index >= 15 is 0 Å². The zero-order valence-corrected chi connectivity index (χ0v) is 12.2. The summed E-state index contributed by atoms with van der Waals surface area (Å²) in [5.74, 6) is -0.165. The number of fused-ring (bicyclic) bond motifs is 2. The minimum atomic E-state index is -0.165. The number of nitrogens with one attached hydrogen (secondary N) is 1. The molecule has 1 aliphatic rings. The lowest BCUT2D eigenvalue weighted by atomic mass is 10.0. The monoisotopic (exact) mass is 281 g/mol. The van der Waals surface area contributed by atoms with Gasteiger partial charge in [-0.15, -0.1) is 0 Å². The smallest absolute Gasteiger partial charge is 0.310 e. The molecule has 0 unspecified atom stereocenters. The quantitative estimate of drug-likeness (QED) is 0.873. The average molecular weight is 281 g/mol. The minimum Gasteiger partial charge on any atom is -0.466 e. The van der Waals surface area contributed by atoms with E-state index in [0.29, 0.717) is 13.0 Å². The van der Waals surface area contributed by atoms with Gasteiger partial charge in [-0.2, -0.15) is 0 Å². The van der Waals surface area contributed by atoms with Gasteiger partial charge in [0.05, 0.1) is 13.0 Å². The lowest BCUT2D eigenvalue weighted by Gasteiger charge is -2.11. The summed E-state index contributed by atoms with van der Waals surface area (Å²) in [6, 6.07) is 14.6. The summed E-state index contributed by atoms with van der Waals surface area (Å²) < 4.78 is 5.01. The van der Waals surface area contributed by atoms with Crippen LogP contribution in [-0.2, 0) is 28.8 Å². The van der Waals surface area contributed by atoms with E-state index in [2.05, 4.69) is 35.6 Å². The van der Waals surface area contributed by atoms with E-state index in [1.54, 1.807) is 0 Å². The Balaban J connectivity index is 1.83. The maximum atomic E-state index is 11.6. The number of aryl methyl sites for hydroxylation is 2. The number of anilines is 2. The average Bonchev–Trinajstić information content (AvgIpc) is 2.66. The van der Waals surface area contributed by atoms with Crippen molar-refractivity contribution in [3.63, 3.8) is 0 Å². The van der Waals surface area contributed by atoms with Crippen LogP contribution in [0.25, 0.3) is 0 Å². The van der Waals surface area contributed by atoms with Crippen molar-refractivity contribution in [1.82, 2.24) is 0 Å². The van der Waals surface area contributed by atoms with Gasteiger partial charge in [-0.25, -0.2) is 0 Å². The zero-order chi connectivity index (χ0) is 14.7. The Bertz CT molecular complexity index is 664. The van der Waals surface area contributed by atoms with E-state index in [9.17, 15) is 4.79 Å². The van der Waals surface area contributed by atoms with Crippen LogP contribution in [-0.4, -0.2) is 12.6 Å². The molecule has 0 fully saturated rings. The third-order valence-electron chi connectivity index (χ3n) is 3.77. The van der Waals surface area contributed by atoms with Gasteiger partial charge in [0.1, 0.15) is 0 Å². The van der Waals surface area contributed by atoms with Crippen LogP contribution < -0.4 is 5.32 Å². The van der Waals surface area contributed by atoms with Crippen LogP contribution in [0.2, 0.25) is 0 Å². The van der Waals surface area contributed by atoms with Gasteiger partial charge in [0.2, 0.25) is 0 Å². The minimum absolute atomic E-state index is 0.165. The highest BCUT2D eigenvalue weighted by Gasteiger charge is 2.13. The molecular weight excluding hydrogens is 262 g/mol. The standard InChI is InChI=1S/C18H19NO2/c1-2-21-18(20)12-13-7-10-17-15(11-13)9-8-14-5-3-4-6-16(14)19-17/h3-7,10-11,19H,2,8-9,12H2,1H3. The number of hydrogen-bond acceptors (Lipinski definition) is 3. The van der Waals surface area contributed by atoms with Crippen molar-refractivity contribution in [3.8, 4) is 0 Å². The predicted octanol–water partition coefficient (Wildman–Crippen LogP) is 3.63. The summed E-state index contributed by atoms with van der Waals surface area (Å²) in [6.45, 7) is 2.26. The van der Waals surface area contributed by atoms with Crippen molar-refractivity contribution in [2.75, 3.05) is 11.9 Å². The van der Waals surface area contributed by atoms with Crippen molar-refractivity contribution in [1.29, 1.82) is 0 Å². The fraction of sp³-hybridized carbons (Fsp3) is 0.278. The lowest BCUT2D eigenvalue weighted by Crippen LogP contribution is -2.08. The molecule has 2 aromatic carbocycles. The highest BCUT2D eigenvalue weighted by Crippen LogP contribution is 2.30. The number of hydrogen-bond donors (Lipinski definition) is 1. The van der Waals surface area contributed by atoms with E-state index in [1.165, 1.54) is 16.8 Å². The number of carbonyl (C=O) groups excluding carboxylic acids is 1. The molecule has 0 saturated heterocycles. The van der Waals surface area contributed by atoms with Gasteiger partial charge in [0.15, 0.2) is 0 Å². The molecule has 0 atom stereocenters. The van der Waals surface area contributed by atoms with Crippen LogP contribution >= 0.6 is 0 Å². The van der Waals surface area contributed by atoms with E-state index < -0.39 is 0 Å². The normalized spacial score (nSPS) is 12.6. The van der Waals surface area contributed by atoms with Crippen molar-refractivity contribution in [2.45, 2.75) is 26.2 Å². The molecule has 21 heavy (non-hydrogen) atoms. The topological polar surface area (TPSA) is 38.3 Å². The highest BCUT2D eigenvalue weighted by molar-refractivity contribution is 5.74. The molecule has 108 valence electrons. The maximum absolute atomic E-state index is 11.6. The van der Waals surface area contributed by atoms with E-state index in [0.717, 1.165) is 24.1 Å². The summed E-state index contributed by atoms with van der Waals surface area (Å²) in [4.78, 5) is 11.6. The summed E-state index contributed by atoms with van der Waals surface area (Å²) in [5.41, 5.74) is 5.91. The molecule has 0 saturated carbocycles. The van der Waals surface area contributed by atoms with Crippen molar-refractivity contribution in [3.05, 3.63) is 59.2 Å². The molecule has 0 amide bonds. The Morgan fingerprint density at radius 3 is 2.71 bits per heavy atom. The number of benzene rings is 2. The van der Waals surface area contributed by atoms with E-state index in [1.807, 2.05) is 19.1 Å². The second-order valence-corrected chi connectivity index (χ2v) is 5.26. The van der Waals surface area contributed by atoms with Crippen molar-refractivity contribution >= 4 is 17.3 Å². The van der Waals surface area contributed by atoms with Gasteiger partial charge in [0, 0.05) is 11.4 Å². The third-order valence-corrected chi connectivity index (χ3v) is 3.77. The van der Waals surface area contributed by atoms with E-state index in [-0.39, 0.29) is 5.97 Å². The Morgan fingerprint density at radius 1 is 1.10 bits per heavy atom. The van der Waals surface area contributed by atoms with Crippen molar-refractivity contribution < 1.29 is 9.53 Å². The maximum Gasteiger partial charge on any atom is 0.310 e. The molecule has 3 heteroatoms. The molecule has 1 aliphatic heterocycles. The molecular formula is C18H19NO2. The van der Waals surface area contributed by atoms with Crippen LogP contribution in [0.3, 0.4) is 0 Å². The first-order valence-corrected chi connectivity index (χ1v) is 7.38. The first-order chi connectivity index (χ1) is 10.3. The molecule has 3 rings (SSSR count). The third kappa shape index (κ3) is 3.07. The van der Waals surface area contributed by atoms with Gasteiger partial charge in [-0.3, -0.25) is 4.79 Å². The number of carbonyl (C=O) groups is 1. The highest BCUT2D eigenvalue weighted by atomic mass is 16.5. The zero-order valence-electron chi connectivity index (χ0n) is 12.2. The Hall–Kier alpha value is -2.29. The molecule has 1 heterocycles. The molecule has 3 nitrogen and oxygen atoms in total. The SMILES string of the molecule is CCOC(=O)Cc1ccc2c(c1)CCc1ccccc1N2. The largest absolute Gasteiger partial charge is 0.466 e. The Labute approximate surface area is 124 Å². The lowest BCUT2D eigenvalue weighted by molar-refractivity contribution is -0.142. The number of para-hydroxylation sites is 1. The molecule has 0 aromatic heterocycles. The predicted molar refractivity (Wildman–Crippen MR) is 83.9 cm³/mol. The molecule has 0 aliphatic carbocycles. The fourth-order valence-electron chi connectivity index (χ4n) is 2.74. The van der Waals surface area contributed by atoms with Gasteiger partial charge in [0.25, 0.3) is 0 Å². The Morgan fingerprint density at radius 2 is 1.86 bits per heavy atom. The van der Waals surface area contributed by atoms with Gasteiger partial charge >= 0.3 is 5.97 Å². The van der Waals surface area contributed by atoms with Crippen LogP contribution in [0, 0.1) is 0 Å². The second kappa shape index (κ2) is 6.00. The van der Waals surface area contributed by atoms with Crippen LogP contribution in [0.1, 0.15) is 23.6 Å². The second-order valence-electron chi connectivity index (χ2n) is 5.26. The summed E-state index contributed by atoms with van der Waals surface area (Å²) >= 11 is 0. The number of ether oxygens (including phenoxy) is 1. The van der Waals surface area contributed by atoms with E-state index in [4.69, 9.17) is 4.74 Å². The first-order valence-electron chi connectivity index (χ1n) is 7.38. The van der Waals surface area contributed by atoms with Gasteiger partial charge in [-0.1, -0.05) is 30.3 Å². The van der Waals surface area contributed by atoms with Gasteiger partial charge in [-0.05, 0) is 48.6 Å². The fourth-order valence-corrected chi connectivity index (χ4v) is 2.74. The summed E-state index contributed by atoms with van der Waals surface area (Å²) in [7, 11) is 0. The van der Waals surface area contributed by atoms with Gasteiger partial charge < -0.3 is 10.1 Å².